The molecule has 1 unspecified atom stereocenters. The van der Waals surface area contributed by atoms with Crippen molar-refractivity contribution in [3.63, 3.8) is 0 Å². The van der Waals surface area contributed by atoms with Gasteiger partial charge in [-0.1, -0.05) is 67.6 Å². The number of hydrogen-bond donors (Lipinski definition) is 2. The fourth-order valence-electron chi connectivity index (χ4n) is 2.44. The highest BCUT2D eigenvalue weighted by atomic mass is 35.5. The van der Waals surface area contributed by atoms with E-state index in [2.05, 4.69) is 27.2 Å². The van der Waals surface area contributed by atoms with E-state index < -0.39 is 15.9 Å². The van der Waals surface area contributed by atoms with Crippen LogP contribution in [0, 0.1) is 5.92 Å². The van der Waals surface area contributed by atoms with E-state index in [-0.39, 0.29) is 26.0 Å². The predicted octanol–water partition coefficient (Wildman–Crippen LogP) is 4.59. The van der Waals surface area contributed by atoms with Crippen LogP contribution >= 0.6 is 34.5 Å². The fraction of sp³-hybridized carbons (Fsp3) is 0.471. The van der Waals surface area contributed by atoms with E-state index in [4.69, 9.17) is 23.2 Å². The van der Waals surface area contributed by atoms with Crippen LogP contribution in [0.5, 0.6) is 0 Å². The zero-order chi connectivity index (χ0) is 20.7. The van der Waals surface area contributed by atoms with E-state index in [0.717, 1.165) is 37.0 Å². The normalized spacial score (nSPS) is 12.7. The summed E-state index contributed by atoms with van der Waals surface area (Å²) >= 11 is 12.6. The molecule has 0 saturated heterocycles. The average molecular weight is 465 g/mol. The van der Waals surface area contributed by atoms with Crippen molar-refractivity contribution in [2.24, 2.45) is 5.92 Å². The maximum atomic E-state index is 12.4. The number of nitrogens with zero attached hydrogens (tertiary/aromatic N) is 2. The van der Waals surface area contributed by atoms with E-state index in [1.807, 2.05) is 6.92 Å². The molecule has 11 heteroatoms. The van der Waals surface area contributed by atoms with E-state index in [9.17, 15) is 13.2 Å². The molecule has 0 bridgehead atoms. The molecule has 0 aliphatic rings. The first-order chi connectivity index (χ1) is 13.3. The number of amides is 1. The van der Waals surface area contributed by atoms with E-state index >= 15 is 0 Å². The molecular formula is C17H22Cl2N4O3S2. The van der Waals surface area contributed by atoms with Gasteiger partial charge in [0.2, 0.25) is 9.47 Å². The van der Waals surface area contributed by atoms with Gasteiger partial charge in [-0.25, -0.2) is 13.1 Å². The Labute approximate surface area is 178 Å². The van der Waals surface area contributed by atoms with Gasteiger partial charge < -0.3 is 0 Å². The maximum absolute atomic E-state index is 12.4. The Morgan fingerprint density at radius 2 is 2.00 bits per heavy atom. The lowest BCUT2D eigenvalue weighted by molar-refractivity contribution is 0.102. The van der Waals surface area contributed by atoms with E-state index in [0.29, 0.717) is 11.6 Å². The molecule has 0 aliphatic heterocycles. The van der Waals surface area contributed by atoms with Crippen LogP contribution < -0.4 is 10.0 Å². The highest BCUT2D eigenvalue weighted by Gasteiger charge is 2.22. The first-order valence-corrected chi connectivity index (χ1v) is 11.9. The summed E-state index contributed by atoms with van der Waals surface area (Å²) in [6.45, 7) is 4.49. The van der Waals surface area contributed by atoms with Crippen LogP contribution in [-0.4, -0.2) is 31.1 Å². The minimum absolute atomic E-state index is 0.0643. The number of anilines is 1. The molecule has 1 aromatic carbocycles. The minimum atomic E-state index is -3.78. The van der Waals surface area contributed by atoms with Crippen molar-refractivity contribution in [3.05, 3.63) is 33.8 Å². The molecule has 7 nitrogen and oxygen atoms in total. The molecule has 154 valence electrons. The van der Waals surface area contributed by atoms with Gasteiger partial charge in [0.15, 0.2) is 0 Å². The van der Waals surface area contributed by atoms with Gasteiger partial charge >= 0.3 is 0 Å². The number of halogens is 2. The van der Waals surface area contributed by atoms with Crippen molar-refractivity contribution in [1.29, 1.82) is 0 Å². The van der Waals surface area contributed by atoms with E-state index in [1.54, 1.807) is 0 Å². The number of rotatable bonds is 10. The Hall–Kier alpha value is -1.26. The fourth-order valence-corrected chi connectivity index (χ4v) is 4.99. The molecule has 1 amide bonds. The molecule has 0 saturated carbocycles. The van der Waals surface area contributed by atoms with Crippen LogP contribution in [0.15, 0.2) is 22.5 Å². The van der Waals surface area contributed by atoms with Crippen LogP contribution in [0.1, 0.15) is 49.9 Å². The van der Waals surface area contributed by atoms with Crippen LogP contribution in [0.25, 0.3) is 0 Å². The Bertz CT molecular complexity index is 919. The molecule has 1 atom stereocenters. The monoisotopic (exact) mass is 464 g/mol. The molecule has 0 spiro atoms. The molecule has 1 aromatic heterocycles. The molecule has 2 N–H and O–H groups in total. The summed E-state index contributed by atoms with van der Waals surface area (Å²) < 4.78 is 27.3. The zero-order valence-corrected chi connectivity index (χ0v) is 18.7. The van der Waals surface area contributed by atoms with Gasteiger partial charge in [-0.3, -0.25) is 10.1 Å². The zero-order valence-electron chi connectivity index (χ0n) is 15.5. The van der Waals surface area contributed by atoms with Crippen molar-refractivity contribution in [1.82, 2.24) is 14.9 Å². The molecule has 0 radical (unpaired) electrons. The number of carbonyl (C=O) groups is 1. The van der Waals surface area contributed by atoms with Gasteiger partial charge in [-0.15, -0.1) is 10.2 Å². The first kappa shape index (κ1) is 23.0. The number of unbranched alkanes of at least 4 members (excludes halogenated alkanes) is 1. The third-order valence-corrected chi connectivity index (χ3v) is 7.32. The Morgan fingerprint density at radius 1 is 1.25 bits per heavy atom. The van der Waals surface area contributed by atoms with Crippen molar-refractivity contribution in [3.8, 4) is 0 Å². The lowest BCUT2D eigenvalue weighted by Crippen LogP contribution is -2.29. The van der Waals surface area contributed by atoms with Crippen molar-refractivity contribution < 1.29 is 13.2 Å². The molecule has 1 heterocycles. The van der Waals surface area contributed by atoms with E-state index in [1.165, 1.54) is 18.2 Å². The van der Waals surface area contributed by atoms with Gasteiger partial charge in [0.05, 0.1) is 10.6 Å². The van der Waals surface area contributed by atoms with Crippen molar-refractivity contribution >= 4 is 55.6 Å². The summed E-state index contributed by atoms with van der Waals surface area (Å²) in [7, 11) is -3.78. The SMILES string of the molecule is CCCCC(CC)CNS(=O)(=O)c1nnc(NC(=O)c2ccc(Cl)cc2Cl)s1. The lowest BCUT2D eigenvalue weighted by atomic mass is 10.00. The largest absolute Gasteiger partial charge is 0.296 e. The third-order valence-electron chi connectivity index (χ3n) is 4.14. The topological polar surface area (TPSA) is 101 Å². The first-order valence-electron chi connectivity index (χ1n) is 8.86. The summed E-state index contributed by atoms with van der Waals surface area (Å²) in [6, 6.07) is 4.45. The van der Waals surface area contributed by atoms with Gasteiger partial charge in [-0.2, -0.15) is 0 Å². The second-order valence-corrected chi connectivity index (χ2v) is 9.98. The molecule has 2 aromatic rings. The van der Waals surface area contributed by atoms with Gasteiger partial charge in [0, 0.05) is 11.6 Å². The standard InChI is InChI=1S/C17H22Cl2N4O3S2/c1-3-5-6-11(4-2)10-20-28(25,26)17-23-22-16(27-17)21-15(24)13-8-7-12(18)9-14(13)19/h7-9,11,20H,3-6,10H2,1-2H3,(H,21,22,24). The van der Waals surface area contributed by atoms with Crippen LogP contribution in [0.4, 0.5) is 5.13 Å². The highest BCUT2D eigenvalue weighted by Crippen LogP contribution is 2.24. The maximum Gasteiger partial charge on any atom is 0.269 e. The van der Waals surface area contributed by atoms with Crippen molar-refractivity contribution in [2.75, 3.05) is 11.9 Å². The van der Waals surface area contributed by atoms with Crippen LogP contribution in [0.3, 0.4) is 0 Å². The van der Waals surface area contributed by atoms with Crippen LogP contribution in [0.2, 0.25) is 10.0 Å². The number of sulfonamides is 1. The second kappa shape index (κ2) is 10.5. The quantitative estimate of drug-likeness (QED) is 0.500. The molecule has 2 rings (SSSR count). The minimum Gasteiger partial charge on any atom is -0.296 e. The Balaban J connectivity index is 2.02. The average Bonchev–Trinajstić information content (AvgIpc) is 3.11. The number of carbonyl (C=O) groups excluding carboxylic acids is 1. The van der Waals surface area contributed by atoms with Crippen molar-refractivity contribution in [2.45, 2.75) is 43.9 Å². The summed E-state index contributed by atoms with van der Waals surface area (Å²) in [5.41, 5.74) is 0.200. The Kier molecular flexibility index (Phi) is 8.63. The molecular weight excluding hydrogens is 443 g/mol. The smallest absolute Gasteiger partial charge is 0.269 e. The molecule has 28 heavy (non-hydrogen) atoms. The lowest BCUT2D eigenvalue weighted by Gasteiger charge is -2.14. The summed E-state index contributed by atoms with van der Waals surface area (Å²) in [5, 5.41) is 10.6. The van der Waals surface area contributed by atoms with Gasteiger partial charge in [0.1, 0.15) is 0 Å². The summed E-state index contributed by atoms with van der Waals surface area (Å²) in [4.78, 5) is 12.3. The Morgan fingerprint density at radius 3 is 2.64 bits per heavy atom. The predicted molar refractivity (Wildman–Crippen MR) is 113 cm³/mol. The summed E-state index contributed by atoms with van der Waals surface area (Å²) in [5.74, 6) is -0.255. The van der Waals surface area contributed by atoms with Crippen LogP contribution in [-0.2, 0) is 10.0 Å². The molecule has 0 aliphatic carbocycles. The number of nitrogens with one attached hydrogen (secondary N) is 2. The van der Waals surface area contributed by atoms with Gasteiger partial charge in [-0.05, 0) is 30.5 Å². The van der Waals surface area contributed by atoms with Gasteiger partial charge in [0.25, 0.3) is 15.9 Å². The highest BCUT2D eigenvalue weighted by molar-refractivity contribution is 7.91. The number of hydrogen-bond acceptors (Lipinski definition) is 6. The number of benzene rings is 1. The third kappa shape index (κ3) is 6.38. The number of aromatic nitrogens is 2. The molecule has 0 fully saturated rings. The summed E-state index contributed by atoms with van der Waals surface area (Å²) in [6.07, 6.45) is 3.99. The second-order valence-electron chi connectivity index (χ2n) is 6.22.